The van der Waals surface area contributed by atoms with E-state index in [0.717, 1.165) is 22.3 Å². The maximum Gasteiger partial charge on any atom is 0.407 e. The number of carbonyl (C=O) groups excluding carboxylic acids is 2. The van der Waals surface area contributed by atoms with E-state index in [9.17, 15) is 14.4 Å². The average molecular weight is 467 g/mol. The van der Waals surface area contributed by atoms with Gasteiger partial charge in [-0.05, 0) is 41.5 Å². The van der Waals surface area contributed by atoms with Crippen molar-refractivity contribution < 1.29 is 29.0 Å². The molecule has 0 bridgehead atoms. The molecule has 0 radical (unpaired) electrons. The first-order chi connectivity index (χ1) is 16.5. The maximum absolute atomic E-state index is 12.7. The van der Waals surface area contributed by atoms with E-state index in [0.29, 0.717) is 25.7 Å². The molecular weight excluding hydrogens is 436 g/mol. The highest BCUT2D eigenvalue weighted by atomic mass is 16.5. The lowest BCUT2D eigenvalue weighted by molar-refractivity contribution is -0.149. The number of amides is 2. The Morgan fingerprint density at radius 1 is 1.06 bits per heavy atom. The summed E-state index contributed by atoms with van der Waals surface area (Å²) in [5.41, 5.74) is 4.54. The Morgan fingerprint density at radius 3 is 2.29 bits per heavy atom. The largest absolute Gasteiger partial charge is 0.479 e. The zero-order valence-corrected chi connectivity index (χ0v) is 19.2. The van der Waals surface area contributed by atoms with Gasteiger partial charge in [0.2, 0.25) is 5.91 Å². The standard InChI is InChI=1S/C26H30N2O6/c1-2-7-22(24(29)27-14-16-12-13-23(34-16)25(30)31)28-26(32)33-15-21-19-10-5-3-8-17(19)18-9-4-6-11-20(18)21/h3-6,8-11,16,21-23H,2,7,12-15H2,1H3,(H,27,29)(H,28,32)(H,30,31). The summed E-state index contributed by atoms with van der Waals surface area (Å²) in [6.07, 6.45) is 0.330. The molecule has 3 N–H and O–H groups in total. The zero-order valence-electron chi connectivity index (χ0n) is 19.2. The number of hydrogen-bond donors (Lipinski definition) is 3. The summed E-state index contributed by atoms with van der Waals surface area (Å²) in [7, 11) is 0. The number of rotatable bonds is 9. The van der Waals surface area contributed by atoms with Crippen molar-refractivity contribution in [2.45, 2.75) is 56.8 Å². The van der Waals surface area contributed by atoms with Gasteiger partial charge in [0, 0.05) is 12.5 Å². The number of fused-ring (bicyclic) bond motifs is 3. The van der Waals surface area contributed by atoms with Crippen LogP contribution >= 0.6 is 0 Å². The topological polar surface area (TPSA) is 114 Å². The summed E-state index contributed by atoms with van der Waals surface area (Å²) in [6, 6.07) is 15.5. The van der Waals surface area contributed by atoms with Crippen LogP contribution in [0.4, 0.5) is 4.79 Å². The van der Waals surface area contributed by atoms with Gasteiger partial charge in [0.15, 0.2) is 6.10 Å². The Hall–Kier alpha value is -3.39. The van der Waals surface area contributed by atoms with E-state index < -0.39 is 24.2 Å². The van der Waals surface area contributed by atoms with Crippen molar-refractivity contribution in [1.82, 2.24) is 10.6 Å². The number of alkyl carbamates (subject to hydrolysis) is 1. The Labute approximate surface area is 198 Å². The lowest BCUT2D eigenvalue weighted by atomic mass is 9.98. The molecule has 2 aromatic carbocycles. The van der Waals surface area contributed by atoms with Crippen LogP contribution in [-0.2, 0) is 19.1 Å². The number of aliphatic carboxylic acids is 1. The molecule has 1 heterocycles. The lowest BCUT2D eigenvalue weighted by Crippen LogP contribution is -2.48. The molecule has 1 saturated heterocycles. The fraction of sp³-hybridized carbons (Fsp3) is 0.423. The van der Waals surface area contributed by atoms with Gasteiger partial charge in [-0.1, -0.05) is 61.9 Å². The van der Waals surface area contributed by atoms with Crippen molar-refractivity contribution in [3.8, 4) is 11.1 Å². The molecule has 180 valence electrons. The summed E-state index contributed by atoms with van der Waals surface area (Å²) in [5, 5.41) is 14.5. The molecule has 1 aliphatic heterocycles. The third kappa shape index (κ3) is 5.22. The van der Waals surface area contributed by atoms with Crippen molar-refractivity contribution in [2.75, 3.05) is 13.2 Å². The highest BCUT2D eigenvalue weighted by molar-refractivity contribution is 5.85. The van der Waals surface area contributed by atoms with Crippen LogP contribution in [0.3, 0.4) is 0 Å². The zero-order chi connectivity index (χ0) is 24.1. The smallest absolute Gasteiger partial charge is 0.407 e. The summed E-state index contributed by atoms with van der Waals surface area (Å²) < 4.78 is 11.0. The van der Waals surface area contributed by atoms with E-state index in [4.69, 9.17) is 14.6 Å². The van der Waals surface area contributed by atoms with Gasteiger partial charge >= 0.3 is 12.1 Å². The van der Waals surface area contributed by atoms with Gasteiger partial charge in [-0.25, -0.2) is 9.59 Å². The van der Waals surface area contributed by atoms with Crippen LogP contribution in [0.25, 0.3) is 11.1 Å². The first kappa shape index (κ1) is 23.8. The third-order valence-electron chi connectivity index (χ3n) is 6.42. The number of ether oxygens (including phenoxy) is 2. The minimum absolute atomic E-state index is 0.0571. The molecule has 3 unspecified atom stereocenters. The van der Waals surface area contributed by atoms with Crippen LogP contribution < -0.4 is 10.6 Å². The SMILES string of the molecule is CCCC(NC(=O)OCC1c2ccccc2-c2ccccc21)C(=O)NCC1CCC(C(=O)O)O1. The fourth-order valence-electron chi connectivity index (χ4n) is 4.71. The molecule has 34 heavy (non-hydrogen) atoms. The number of carboxylic acids is 1. The Balaban J connectivity index is 1.31. The van der Waals surface area contributed by atoms with E-state index in [1.165, 1.54) is 0 Å². The fourth-order valence-corrected chi connectivity index (χ4v) is 4.71. The van der Waals surface area contributed by atoms with Gasteiger partial charge in [0.25, 0.3) is 0 Å². The van der Waals surface area contributed by atoms with E-state index >= 15 is 0 Å². The predicted molar refractivity (Wildman–Crippen MR) is 125 cm³/mol. The predicted octanol–water partition coefficient (Wildman–Crippen LogP) is 3.44. The summed E-state index contributed by atoms with van der Waals surface area (Å²) in [6.45, 7) is 2.30. The van der Waals surface area contributed by atoms with E-state index in [1.807, 2.05) is 31.2 Å². The van der Waals surface area contributed by atoms with E-state index in [-0.39, 0.29) is 31.1 Å². The van der Waals surface area contributed by atoms with E-state index in [2.05, 4.69) is 34.9 Å². The van der Waals surface area contributed by atoms with Crippen molar-refractivity contribution in [2.24, 2.45) is 0 Å². The molecule has 0 spiro atoms. The summed E-state index contributed by atoms with van der Waals surface area (Å²) in [4.78, 5) is 36.3. The normalized spacial score (nSPS) is 19.7. The number of hydrogen-bond acceptors (Lipinski definition) is 5. The molecule has 3 atom stereocenters. The quantitative estimate of drug-likeness (QED) is 0.522. The van der Waals surface area contributed by atoms with Gasteiger partial charge in [0.1, 0.15) is 12.6 Å². The Kier molecular flexibility index (Phi) is 7.47. The molecule has 8 heteroatoms. The highest BCUT2D eigenvalue weighted by Crippen LogP contribution is 2.44. The minimum Gasteiger partial charge on any atom is -0.479 e. The summed E-state index contributed by atoms with van der Waals surface area (Å²) in [5.74, 6) is -1.38. The van der Waals surface area contributed by atoms with Crippen LogP contribution in [0.1, 0.15) is 49.7 Å². The number of nitrogens with one attached hydrogen (secondary N) is 2. The minimum atomic E-state index is -0.991. The van der Waals surface area contributed by atoms with Crippen molar-refractivity contribution in [3.63, 3.8) is 0 Å². The first-order valence-electron chi connectivity index (χ1n) is 11.8. The maximum atomic E-state index is 12.7. The Bertz CT molecular complexity index is 1010. The van der Waals surface area contributed by atoms with Crippen molar-refractivity contribution >= 4 is 18.0 Å². The molecule has 0 aromatic heterocycles. The average Bonchev–Trinajstić information content (AvgIpc) is 3.44. The van der Waals surface area contributed by atoms with Crippen molar-refractivity contribution in [1.29, 1.82) is 0 Å². The van der Waals surface area contributed by atoms with Crippen molar-refractivity contribution in [3.05, 3.63) is 59.7 Å². The van der Waals surface area contributed by atoms with Crippen LogP contribution in [0.5, 0.6) is 0 Å². The molecule has 0 saturated carbocycles. The van der Waals surface area contributed by atoms with Crippen LogP contribution in [0, 0.1) is 0 Å². The molecule has 1 fully saturated rings. The van der Waals surface area contributed by atoms with Gasteiger partial charge < -0.3 is 25.2 Å². The van der Waals surface area contributed by atoms with Gasteiger partial charge in [-0.15, -0.1) is 0 Å². The van der Waals surface area contributed by atoms with E-state index in [1.54, 1.807) is 0 Å². The molecule has 8 nitrogen and oxygen atoms in total. The van der Waals surface area contributed by atoms with Gasteiger partial charge in [0.05, 0.1) is 6.10 Å². The second-order valence-electron chi connectivity index (χ2n) is 8.72. The first-order valence-corrected chi connectivity index (χ1v) is 11.8. The van der Waals surface area contributed by atoms with Gasteiger partial charge in [-0.3, -0.25) is 4.79 Å². The molecular formula is C26H30N2O6. The third-order valence-corrected chi connectivity index (χ3v) is 6.42. The monoisotopic (exact) mass is 466 g/mol. The number of benzene rings is 2. The molecule has 2 aliphatic rings. The lowest BCUT2D eigenvalue weighted by Gasteiger charge is -2.20. The Morgan fingerprint density at radius 2 is 1.71 bits per heavy atom. The van der Waals surface area contributed by atoms with Crippen LogP contribution in [-0.4, -0.2) is 54.5 Å². The molecule has 1 aliphatic carbocycles. The molecule has 2 amide bonds. The molecule has 2 aromatic rings. The highest BCUT2D eigenvalue weighted by Gasteiger charge is 2.32. The number of carbonyl (C=O) groups is 3. The van der Waals surface area contributed by atoms with Gasteiger partial charge in [-0.2, -0.15) is 0 Å². The second-order valence-corrected chi connectivity index (χ2v) is 8.72. The number of carboxylic acid groups (broad SMARTS) is 1. The van der Waals surface area contributed by atoms with Crippen LogP contribution in [0.15, 0.2) is 48.5 Å². The molecule has 4 rings (SSSR count). The summed E-state index contributed by atoms with van der Waals surface area (Å²) >= 11 is 0. The van der Waals surface area contributed by atoms with Crippen LogP contribution in [0.2, 0.25) is 0 Å². The second kappa shape index (κ2) is 10.7.